The first-order chi connectivity index (χ1) is 16.5. The lowest BCUT2D eigenvalue weighted by Crippen LogP contribution is -2.43. The highest BCUT2D eigenvalue weighted by molar-refractivity contribution is 6.32. The van der Waals surface area contributed by atoms with E-state index in [4.69, 9.17) is 21.1 Å². The largest absolute Gasteiger partial charge is 0.495 e. The highest BCUT2D eigenvalue weighted by atomic mass is 35.5. The number of aromatic nitrogens is 3. The predicted octanol–water partition coefficient (Wildman–Crippen LogP) is 4.80. The lowest BCUT2D eigenvalue weighted by molar-refractivity contribution is -0.131. The third-order valence-electron chi connectivity index (χ3n) is 6.31. The molecule has 2 fully saturated rings. The van der Waals surface area contributed by atoms with Crippen molar-refractivity contribution in [1.82, 2.24) is 19.9 Å². The molecule has 0 spiro atoms. The maximum absolute atomic E-state index is 11.8. The molecule has 2 N–H and O–H groups in total. The molecule has 1 aliphatic carbocycles. The average Bonchev–Trinajstić information content (AvgIpc) is 3.08. The first-order valence-electron chi connectivity index (χ1n) is 12.1. The molecule has 1 saturated heterocycles. The second kappa shape index (κ2) is 11.6. The first-order valence-corrected chi connectivity index (χ1v) is 12.4. The number of methoxy groups -OCH3 is 1. The van der Waals surface area contributed by atoms with Gasteiger partial charge in [-0.3, -0.25) is 4.79 Å². The molecule has 2 aliphatic rings. The van der Waals surface area contributed by atoms with Gasteiger partial charge in [-0.25, -0.2) is 0 Å². The Bertz CT molecular complexity index is 983. The number of hydrogen-bond acceptors (Lipinski definition) is 8. The van der Waals surface area contributed by atoms with Crippen LogP contribution >= 0.6 is 11.6 Å². The number of halogens is 1. The third-order valence-corrected chi connectivity index (χ3v) is 6.60. The highest BCUT2D eigenvalue weighted by Gasteiger charge is 2.24. The van der Waals surface area contributed by atoms with Crippen molar-refractivity contribution in [3.63, 3.8) is 0 Å². The molecule has 2 heterocycles. The number of nitrogens with one attached hydrogen (secondary N) is 2. The van der Waals surface area contributed by atoms with E-state index in [2.05, 4.69) is 25.6 Å². The Morgan fingerprint density at radius 1 is 1.06 bits per heavy atom. The van der Waals surface area contributed by atoms with Crippen LogP contribution in [-0.4, -0.2) is 58.1 Å². The number of benzene rings is 1. The highest BCUT2D eigenvalue weighted by Crippen LogP contribution is 2.29. The molecule has 34 heavy (non-hydrogen) atoms. The Kier molecular flexibility index (Phi) is 8.26. The van der Waals surface area contributed by atoms with E-state index in [1.807, 2.05) is 6.07 Å². The van der Waals surface area contributed by atoms with Gasteiger partial charge in [-0.1, -0.05) is 37.3 Å². The number of hydrogen-bond donors (Lipinski definition) is 2. The quantitative estimate of drug-likeness (QED) is 0.536. The van der Waals surface area contributed by atoms with Gasteiger partial charge >= 0.3 is 6.01 Å². The van der Waals surface area contributed by atoms with Crippen LogP contribution in [0.15, 0.2) is 18.2 Å². The number of carbonyl (C=O) groups excluding carboxylic acids is 1. The summed E-state index contributed by atoms with van der Waals surface area (Å²) in [7, 11) is 1.58. The molecule has 1 aliphatic heterocycles. The van der Waals surface area contributed by atoms with E-state index in [1.165, 1.54) is 25.7 Å². The van der Waals surface area contributed by atoms with Crippen LogP contribution in [0.1, 0.15) is 58.3 Å². The molecule has 1 aromatic carbocycles. The van der Waals surface area contributed by atoms with E-state index in [9.17, 15) is 4.79 Å². The third kappa shape index (κ3) is 6.62. The maximum Gasteiger partial charge on any atom is 0.323 e. The van der Waals surface area contributed by atoms with Gasteiger partial charge in [0.25, 0.3) is 0 Å². The molecular weight excluding hydrogens is 456 g/mol. The van der Waals surface area contributed by atoms with Gasteiger partial charge in [0, 0.05) is 25.2 Å². The lowest BCUT2D eigenvalue weighted by Gasteiger charge is -2.31. The van der Waals surface area contributed by atoms with Gasteiger partial charge in [0.1, 0.15) is 11.9 Å². The number of carbonyl (C=O) groups is 1. The van der Waals surface area contributed by atoms with Crippen LogP contribution < -0.4 is 20.1 Å². The second-order valence-electron chi connectivity index (χ2n) is 8.92. The lowest BCUT2D eigenvalue weighted by atomic mass is 10.1. The zero-order valence-electron chi connectivity index (χ0n) is 19.8. The Balaban J connectivity index is 1.55. The molecule has 1 amide bonds. The number of ether oxygens (including phenoxy) is 2. The fourth-order valence-electron chi connectivity index (χ4n) is 4.48. The number of anilines is 3. The van der Waals surface area contributed by atoms with Crippen LogP contribution in [0.25, 0.3) is 0 Å². The van der Waals surface area contributed by atoms with Gasteiger partial charge in [0.05, 0.1) is 18.7 Å². The van der Waals surface area contributed by atoms with Gasteiger partial charge in [-0.05, 0) is 43.9 Å². The molecule has 10 heteroatoms. The molecule has 0 bridgehead atoms. The molecule has 2 aromatic rings. The van der Waals surface area contributed by atoms with Crippen molar-refractivity contribution in [3.8, 4) is 11.8 Å². The summed E-state index contributed by atoms with van der Waals surface area (Å²) < 4.78 is 11.4. The summed E-state index contributed by atoms with van der Waals surface area (Å²) in [6, 6.07) is 5.95. The molecule has 1 saturated carbocycles. The van der Waals surface area contributed by atoms with Crippen molar-refractivity contribution in [2.24, 2.45) is 0 Å². The van der Waals surface area contributed by atoms with Crippen LogP contribution in [0.2, 0.25) is 5.02 Å². The number of nitrogens with zero attached hydrogens (tertiary/aromatic N) is 4. The average molecular weight is 489 g/mol. The fourth-order valence-corrected chi connectivity index (χ4v) is 4.74. The molecule has 1 atom stereocenters. The summed E-state index contributed by atoms with van der Waals surface area (Å²) in [5.41, 5.74) is 0.726. The Morgan fingerprint density at radius 2 is 1.82 bits per heavy atom. The normalized spacial score (nSPS) is 19.3. The molecule has 0 radical (unpaired) electrons. The van der Waals surface area contributed by atoms with Crippen LogP contribution in [0.5, 0.6) is 11.8 Å². The zero-order valence-corrected chi connectivity index (χ0v) is 20.6. The van der Waals surface area contributed by atoms with Crippen LogP contribution in [0.4, 0.5) is 17.6 Å². The van der Waals surface area contributed by atoms with E-state index in [0.717, 1.165) is 37.9 Å². The Hall–Kier alpha value is -2.81. The van der Waals surface area contributed by atoms with Gasteiger partial charge in [0.15, 0.2) is 0 Å². The standard InChI is InChI=1S/C24H33ClN6O3/c1-16(32)31-13-7-10-19(15-31)34-24-29-22(26-17-8-5-3-4-6-9-17)28-23(30-24)27-18-11-12-21(33-2)20(25)14-18/h11-12,14,17,19H,3-10,13,15H2,1-2H3,(H2,26,27,28,29,30). The van der Waals surface area contributed by atoms with Crippen molar-refractivity contribution in [2.45, 2.75) is 70.4 Å². The van der Waals surface area contributed by atoms with Crippen molar-refractivity contribution < 1.29 is 14.3 Å². The first kappa shape index (κ1) is 24.3. The monoisotopic (exact) mass is 488 g/mol. The van der Waals surface area contributed by atoms with Crippen molar-refractivity contribution in [3.05, 3.63) is 23.2 Å². The Morgan fingerprint density at radius 3 is 2.53 bits per heavy atom. The topological polar surface area (TPSA) is 101 Å². The number of likely N-dealkylation sites (tertiary alicyclic amines) is 1. The zero-order chi connectivity index (χ0) is 23.9. The fraction of sp³-hybridized carbons (Fsp3) is 0.583. The smallest absolute Gasteiger partial charge is 0.323 e. The minimum atomic E-state index is -0.158. The van der Waals surface area contributed by atoms with Crippen molar-refractivity contribution in [2.75, 3.05) is 30.8 Å². The van der Waals surface area contributed by atoms with Crippen LogP contribution in [-0.2, 0) is 4.79 Å². The summed E-state index contributed by atoms with van der Waals surface area (Å²) >= 11 is 6.28. The predicted molar refractivity (Wildman–Crippen MR) is 132 cm³/mol. The van der Waals surface area contributed by atoms with Gasteiger partial charge in [-0.15, -0.1) is 0 Å². The molecule has 9 nitrogen and oxygen atoms in total. The van der Waals surface area contributed by atoms with Gasteiger partial charge in [-0.2, -0.15) is 15.0 Å². The van der Waals surface area contributed by atoms with E-state index in [1.54, 1.807) is 31.1 Å². The van der Waals surface area contributed by atoms with E-state index in [-0.39, 0.29) is 18.0 Å². The summed E-state index contributed by atoms with van der Waals surface area (Å²) in [5, 5.41) is 7.18. The van der Waals surface area contributed by atoms with Crippen molar-refractivity contribution >= 4 is 35.1 Å². The van der Waals surface area contributed by atoms with Crippen molar-refractivity contribution in [1.29, 1.82) is 0 Å². The minimum Gasteiger partial charge on any atom is -0.495 e. The van der Waals surface area contributed by atoms with E-state index in [0.29, 0.717) is 35.3 Å². The maximum atomic E-state index is 11.8. The van der Waals surface area contributed by atoms with Gasteiger partial charge in [0.2, 0.25) is 17.8 Å². The summed E-state index contributed by atoms with van der Waals surface area (Å²) in [6.45, 7) is 2.87. The van der Waals surface area contributed by atoms with Gasteiger partial charge < -0.3 is 25.0 Å². The molecule has 4 rings (SSSR count). The Labute approximate surface area is 205 Å². The van der Waals surface area contributed by atoms with Crippen LogP contribution in [0.3, 0.4) is 0 Å². The van der Waals surface area contributed by atoms with E-state index < -0.39 is 0 Å². The second-order valence-corrected chi connectivity index (χ2v) is 9.33. The molecule has 1 aromatic heterocycles. The summed E-state index contributed by atoms with van der Waals surface area (Å²) in [6.07, 6.45) is 8.69. The minimum absolute atomic E-state index is 0.0541. The summed E-state index contributed by atoms with van der Waals surface area (Å²) in [4.78, 5) is 27.3. The number of rotatable bonds is 7. The number of piperidine rings is 1. The summed E-state index contributed by atoms with van der Waals surface area (Å²) in [5.74, 6) is 1.49. The van der Waals surface area contributed by atoms with Crippen LogP contribution in [0, 0.1) is 0 Å². The number of amides is 1. The van der Waals surface area contributed by atoms with E-state index >= 15 is 0 Å². The molecule has 1 unspecified atom stereocenters. The molecular formula is C24H33ClN6O3. The molecule has 184 valence electrons. The SMILES string of the molecule is COc1ccc(Nc2nc(NC3CCCCCC3)nc(OC3CCCN(C(C)=O)C3)n2)cc1Cl.